The molecule has 0 aromatic rings. The van der Waals surface area contributed by atoms with Crippen LogP contribution in [0.4, 0.5) is 4.79 Å². The van der Waals surface area contributed by atoms with Gasteiger partial charge in [-0.2, -0.15) is 0 Å². The van der Waals surface area contributed by atoms with Crippen molar-refractivity contribution in [3.8, 4) is 0 Å². The maximum Gasteiger partial charge on any atom is 0.411 e. The molecule has 0 saturated carbocycles. The first kappa shape index (κ1) is 18.0. The maximum atomic E-state index is 12.5. The number of aliphatic carboxylic acids is 1. The number of rotatable bonds is 3. The van der Waals surface area contributed by atoms with Crippen molar-refractivity contribution in [2.75, 3.05) is 26.2 Å². The number of hydrogen-bond donors (Lipinski definition) is 1. The smallest absolute Gasteiger partial charge is 0.411 e. The largest absolute Gasteiger partial charge is 0.479 e. The zero-order chi connectivity index (χ0) is 17.4. The van der Waals surface area contributed by atoms with Gasteiger partial charge < -0.3 is 14.6 Å². The van der Waals surface area contributed by atoms with E-state index in [1.807, 2.05) is 6.92 Å². The number of carboxylic acids is 1. The molecule has 0 aromatic carbocycles. The quantitative estimate of drug-likeness (QED) is 0.847. The molecule has 3 atom stereocenters. The number of fused-ring (bicyclic) bond motifs is 1. The van der Waals surface area contributed by atoms with E-state index in [9.17, 15) is 14.7 Å². The summed E-state index contributed by atoms with van der Waals surface area (Å²) in [6.07, 6.45) is 0.339. The van der Waals surface area contributed by atoms with E-state index in [-0.39, 0.29) is 18.7 Å². The van der Waals surface area contributed by atoms with E-state index in [1.54, 1.807) is 27.7 Å². The van der Waals surface area contributed by atoms with E-state index < -0.39 is 23.2 Å². The van der Waals surface area contributed by atoms with Crippen LogP contribution in [0.25, 0.3) is 0 Å². The van der Waals surface area contributed by atoms with Crippen LogP contribution in [0.15, 0.2) is 0 Å². The Kier molecular flexibility index (Phi) is 4.92. The van der Waals surface area contributed by atoms with Crippen LogP contribution in [0.2, 0.25) is 0 Å². The molecule has 7 nitrogen and oxygen atoms in total. The molecule has 0 spiro atoms. The van der Waals surface area contributed by atoms with Gasteiger partial charge in [-0.15, -0.1) is 0 Å². The summed E-state index contributed by atoms with van der Waals surface area (Å²) in [5.41, 5.74) is -1.95. The number of ether oxygens (including phenoxy) is 2. The molecule has 2 rings (SSSR count). The number of carboxylic acid groups (broad SMARTS) is 1. The summed E-state index contributed by atoms with van der Waals surface area (Å²) >= 11 is 0. The van der Waals surface area contributed by atoms with Gasteiger partial charge in [-0.05, 0) is 41.0 Å². The van der Waals surface area contributed by atoms with Crippen molar-refractivity contribution in [3.63, 3.8) is 0 Å². The number of amides is 1. The number of hydrogen-bond acceptors (Lipinski definition) is 5. The molecule has 2 fully saturated rings. The SMILES string of the molecule is CCO[C@@H]1C[C@H]2CN(C(=O)OC(C)(C)C)[C@](C)(C(=O)O)CN2C1. The lowest BCUT2D eigenvalue weighted by Crippen LogP contribution is -2.68. The number of nitrogens with zero attached hydrogens (tertiary/aromatic N) is 2. The van der Waals surface area contributed by atoms with Gasteiger partial charge in [-0.3, -0.25) is 9.80 Å². The van der Waals surface area contributed by atoms with Gasteiger partial charge in [0.15, 0.2) is 5.54 Å². The van der Waals surface area contributed by atoms with Gasteiger partial charge in [0.2, 0.25) is 0 Å². The van der Waals surface area contributed by atoms with E-state index in [0.717, 1.165) is 6.42 Å². The second-order valence-electron chi connectivity index (χ2n) is 7.57. The van der Waals surface area contributed by atoms with Crippen LogP contribution in [0, 0.1) is 0 Å². The van der Waals surface area contributed by atoms with Crippen molar-refractivity contribution in [2.45, 2.75) is 64.3 Å². The fourth-order valence-electron chi connectivity index (χ4n) is 3.35. The molecule has 23 heavy (non-hydrogen) atoms. The highest BCUT2D eigenvalue weighted by atomic mass is 16.6. The summed E-state index contributed by atoms with van der Waals surface area (Å²) in [5.74, 6) is -1.01. The molecular formula is C16H28N2O5. The summed E-state index contributed by atoms with van der Waals surface area (Å²) in [7, 11) is 0. The molecule has 0 aromatic heterocycles. The summed E-state index contributed by atoms with van der Waals surface area (Å²) in [4.78, 5) is 27.9. The monoisotopic (exact) mass is 328 g/mol. The van der Waals surface area contributed by atoms with Gasteiger partial charge in [-0.1, -0.05) is 0 Å². The lowest BCUT2D eigenvalue weighted by atomic mass is 9.94. The summed E-state index contributed by atoms with van der Waals surface area (Å²) < 4.78 is 11.1. The second kappa shape index (κ2) is 6.28. The van der Waals surface area contributed by atoms with Gasteiger partial charge in [-0.25, -0.2) is 9.59 Å². The third-order valence-electron chi connectivity index (χ3n) is 4.47. The first-order chi connectivity index (χ1) is 10.6. The number of piperazine rings is 1. The Morgan fingerprint density at radius 3 is 2.48 bits per heavy atom. The Morgan fingerprint density at radius 1 is 1.30 bits per heavy atom. The molecule has 2 saturated heterocycles. The Labute approximate surface area is 137 Å². The predicted molar refractivity (Wildman–Crippen MR) is 84.4 cm³/mol. The van der Waals surface area contributed by atoms with Gasteiger partial charge >= 0.3 is 12.1 Å². The Morgan fingerprint density at radius 2 is 1.96 bits per heavy atom. The van der Waals surface area contributed by atoms with Crippen LogP contribution >= 0.6 is 0 Å². The van der Waals surface area contributed by atoms with Crippen LogP contribution in [0.1, 0.15) is 41.0 Å². The first-order valence-electron chi connectivity index (χ1n) is 8.16. The van der Waals surface area contributed by atoms with Gasteiger partial charge in [0, 0.05) is 32.3 Å². The van der Waals surface area contributed by atoms with E-state index in [0.29, 0.717) is 19.7 Å². The highest BCUT2D eigenvalue weighted by Gasteiger charge is 2.53. The first-order valence-corrected chi connectivity index (χ1v) is 8.16. The van der Waals surface area contributed by atoms with E-state index in [2.05, 4.69) is 4.90 Å². The summed E-state index contributed by atoms with van der Waals surface area (Å²) in [6.45, 7) is 10.9. The van der Waals surface area contributed by atoms with Crippen LogP contribution < -0.4 is 0 Å². The van der Waals surface area contributed by atoms with Crippen LogP contribution in [-0.4, -0.2) is 76.5 Å². The van der Waals surface area contributed by atoms with Crippen molar-refractivity contribution in [2.24, 2.45) is 0 Å². The summed E-state index contributed by atoms with van der Waals surface area (Å²) in [6, 6.07) is 0.117. The fraction of sp³-hybridized carbons (Fsp3) is 0.875. The minimum Gasteiger partial charge on any atom is -0.479 e. The molecule has 2 heterocycles. The second-order valence-corrected chi connectivity index (χ2v) is 7.57. The average Bonchev–Trinajstić information content (AvgIpc) is 2.76. The molecule has 0 aliphatic carbocycles. The molecule has 7 heteroatoms. The maximum absolute atomic E-state index is 12.5. The van der Waals surface area contributed by atoms with Crippen molar-refractivity contribution in [1.29, 1.82) is 0 Å². The Hall–Kier alpha value is -1.34. The number of carbonyl (C=O) groups is 2. The molecule has 2 aliphatic rings. The predicted octanol–water partition coefficient (Wildman–Crippen LogP) is 1.56. The number of carbonyl (C=O) groups excluding carboxylic acids is 1. The van der Waals surface area contributed by atoms with Crippen molar-refractivity contribution >= 4 is 12.1 Å². The Balaban J connectivity index is 2.19. The van der Waals surface area contributed by atoms with Gasteiger partial charge in [0.1, 0.15) is 5.60 Å². The molecule has 0 unspecified atom stereocenters. The third-order valence-corrected chi connectivity index (χ3v) is 4.47. The molecule has 2 aliphatic heterocycles. The highest BCUT2D eigenvalue weighted by molar-refractivity contribution is 5.84. The molecule has 1 amide bonds. The third kappa shape index (κ3) is 3.77. The molecular weight excluding hydrogens is 300 g/mol. The molecule has 132 valence electrons. The molecule has 1 N–H and O–H groups in total. The molecule has 0 bridgehead atoms. The zero-order valence-corrected chi connectivity index (χ0v) is 14.7. The van der Waals surface area contributed by atoms with E-state index >= 15 is 0 Å². The van der Waals surface area contributed by atoms with Gasteiger partial charge in [0.25, 0.3) is 0 Å². The Bertz CT molecular complexity index is 476. The van der Waals surface area contributed by atoms with Crippen molar-refractivity contribution in [1.82, 2.24) is 9.80 Å². The van der Waals surface area contributed by atoms with Crippen LogP contribution in [0.3, 0.4) is 0 Å². The minimum atomic E-state index is -1.29. The highest BCUT2D eigenvalue weighted by Crippen LogP contribution is 2.33. The van der Waals surface area contributed by atoms with Crippen molar-refractivity contribution in [3.05, 3.63) is 0 Å². The van der Waals surface area contributed by atoms with Crippen LogP contribution in [-0.2, 0) is 14.3 Å². The average molecular weight is 328 g/mol. The minimum absolute atomic E-state index is 0.0987. The standard InChI is InChI=1S/C16H28N2O5/c1-6-22-12-7-11-8-18(14(21)23-15(2,3)4)16(5,13(19)20)10-17(11)9-12/h11-12H,6-10H2,1-5H3,(H,19,20)/t11-,12+,16-/m0/s1. The summed E-state index contributed by atoms with van der Waals surface area (Å²) in [5, 5.41) is 9.70. The normalized spacial score (nSPS) is 31.8. The van der Waals surface area contributed by atoms with E-state index in [1.165, 1.54) is 4.90 Å². The fourth-order valence-corrected chi connectivity index (χ4v) is 3.35. The van der Waals surface area contributed by atoms with Crippen molar-refractivity contribution < 1.29 is 24.2 Å². The lowest BCUT2D eigenvalue weighted by Gasteiger charge is -2.47. The van der Waals surface area contributed by atoms with E-state index in [4.69, 9.17) is 9.47 Å². The lowest BCUT2D eigenvalue weighted by molar-refractivity contribution is -0.155. The van der Waals surface area contributed by atoms with Gasteiger partial charge in [0.05, 0.1) is 6.10 Å². The zero-order valence-electron chi connectivity index (χ0n) is 14.7. The van der Waals surface area contributed by atoms with Crippen LogP contribution in [0.5, 0.6) is 0 Å². The molecule has 0 radical (unpaired) electrons. The topological polar surface area (TPSA) is 79.3 Å².